The summed E-state index contributed by atoms with van der Waals surface area (Å²) in [6, 6.07) is 4.48. The van der Waals surface area contributed by atoms with E-state index in [0.29, 0.717) is 35.5 Å². The van der Waals surface area contributed by atoms with Crippen LogP contribution in [-0.4, -0.2) is 51.8 Å². The van der Waals surface area contributed by atoms with Gasteiger partial charge in [0.2, 0.25) is 0 Å². The van der Waals surface area contributed by atoms with Gasteiger partial charge in [0, 0.05) is 24.4 Å². The van der Waals surface area contributed by atoms with E-state index in [2.05, 4.69) is 5.32 Å². The van der Waals surface area contributed by atoms with Crippen LogP contribution in [0, 0.1) is 11.8 Å². The molecule has 0 aliphatic carbocycles. The number of nitrogens with zero attached hydrogens (tertiary/aromatic N) is 1. The smallest absolute Gasteiger partial charge is 0.410 e. The molecular weight excluding hydrogens is 387 g/mol. The van der Waals surface area contributed by atoms with E-state index in [1.54, 1.807) is 11.0 Å². The van der Waals surface area contributed by atoms with E-state index in [4.69, 9.17) is 16.3 Å². The molecule has 2 aliphatic rings. The molecule has 0 radical (unpaired) electrons. The van der Waals surface area contributed by atoms with Gasteiger partial charge in [0.05, 0.1) is 4.90 Å². The highest BCUT2D eigenvalue weighted by atomic mass is 35.5. The molecule has 3 rings (SSSR count). The van der Waals surface area contributed by atoms with Crippen molar-refractivity contribution in [2.45, 2.75) is 17.9 Å². The number of rotatable bonds is 3. The normalized spacial score (nSPS) is 22.9. The number of carbonyl (C=O) groups is 1. The number of ether oxygens (including phenoxy) is 1. The molecule has 2 atom stereocenters. The van der Waals surface area contributed by atoms with Crippen LogP contribution in [0.25, 0.3) is 0 Å². The van der Waals surface area contributed by atoms with Gasteiger partial charge in [-0.1, -0.05) is 11.6 Å². The topological polar surface area (TPSA) is 75.7 Å². The molecule has 0 aromatic heterocycles. The summed E-state index contributed by atoms with van der Waals surface area (Å²) in [6.07, 6.45) is 1.75. The number of sulfone groups is 1. The van der Waals surface area contributed by atoms with Crippen molar-refractivity contribution in [1.82, 2.24) is 10.2 Å². The number of hydrogen-bond donors (Lipinski definition) is 1. The lowest BCUT2D eigenvalue weighted by molar-refractivity contribution is 0.0730. The molecule has 2 saturated heterocycles. The van der Waals surface area contributed by atoms with E-state index in [9.17, 15) is 13.2 Å². The van der Waals surface area contributed by atoms with Gasteiger partial charge >= 0.3 is 6.09 Å². The summed E-state index contributed by atoms with van der Waals surface area (Å²) >= 11 is 5.96. The largest absolute Gasteiger partial charge is 0.445 e. The van der Waals surface area contributed by atoms with Gasteiger partial charge in [0.25, 0.3) is 0 Å². The zero-order chi connectivity index (χ0) is 17.3. The van der Waals surface area contributed by atoms with E-state index in [1.165, 1.54) is 12.1 Å². The number of halogens is 2. The Morgan fingerprint density at radius 1 is 1.32 bits per heavy atom. The van der Waals surface area contributed by atoms with Gasteiger partial charge in [-0.2, -0.15) is 0 Å². The third kappa shape index (κ3) is 5.00. The first-order chi connectivity index (χ1) is 11.3. The molecule has 1 amide bonds. The van der Waals surface area contributed by atoms with Crippen molar-refractivity contribution >= 4 is 39.9 Å². The standard InChI is InChI=1S/C16H21ClN2O4S.ClH/c1-24(21,22)15-5-11(4-14(17)6-15)10-23-16(20)19-3-2-12-7-18-8-13(12)9-19;/h4-6,12-13,18H,2-3,7-10H2,1H3;1H/t12-,13+;/m0./s1. The van der Waals surface area contributed by atoms with Crippen molar-refractivity contribution in [1.29, 1.82) is 0 Å². The number of piperidine rings is 1. The first-order valence-corrected chi connectivity index (χ1v) is 10.2. The van der Waals surface area contributed by atoms with Gasteiger partial charge < -0.3 is 15.0 Å². The summed E-state index contributed by atoms with van der Waals surface area (Å²) in [5.41, 5.74) is 0.564. The van der Waals surface area contributed by atoms with Crippen molar-refractivity contribution in [2.75, 3.05) is 32.4 Å². The minimum absolute atomic E-state index is 0. The molecule has 1 aromatic rings. The maximum atomic E-state index is 12.3. The second-order valence-electron chi connectivity index (χ2n) is 6.54. The van der Waals surface area contributed by atoms with Crippen LogP contribution < -0.4 is 5.32 Å². The van der Waals surface area contributed by atoms with E-state index in [-0.39, 0.29) is 30.0 Å². The first kappa shape index (κ1) is 20.3. The summed E-state index contributed by atoms with van der Waals surface area (Å²) in [6.45, 7) is 3.39. The molecule has 1 aromatic carbocycles. The Balaban J connectivity index is 0.00000225. The number of hydrogen-bond acceptors (Lipinski definition) is 5. The Morgan fingerprint density at radius 2 is 2.04 bits per heavy atom. The number of benzene rings is 1. The van der Waals surface area contributed by atoms with Crippen molar-refractivity contribution in [3.63, 3.8) is 0 Å². The zero-order valence-electron chi connectivity index (χ0n) is 13.9. The van der Waals surface area contributed by atoms with Crippen molar-refractivity contribution in [2.24, 2.45) is 11.8 Å². The monoisotopic (exact) mass is 408 g/mol. The average molecular weight is 409 g/mol. The number of likely N-dealkylation sites (tertiary alicyclic amines) is 1. The summed E-state index contributed by atoms with van der Waals surface area (Å²) in [5, 5.41) is 3.67. The highest BCUT2D eigenvalue weighted by molar-refractivity contribution is 7.90. The van der Waals surface area contributed by atoms with E-state index in [1.807, 2.05) is 0 Å². The Labute approximate surface area is 159 Å². The van der Waals surface area contributed by atoms with Gasteiger partial charge in [0.15, 0.2) is 9.84 Å². The third-order valence-electron chi connectivity index (χ3n) is 4.68. The molecule has 1 N–H and O–H groups in total. The minimum Gasteiger partial charge on any atom is -0.445 e. The Bertz CT molecular complexity index is 742. The summed E-state index contributed by atoms with van der Waals surface area (Å²) < 4.78 is 28.6. The molecule has 0 bridgehead atoms. The SMILES string of the molecule is CS(=O)(=O)c1cc(Cl)cc(COC(=O)N2CC[C@H]3CNC[C@@H]3C2)c1.Cl. The highest BCUT2D eigenvalue weighted by Gasteiger charge is 2.34. The van der Waals surface area contributed by atoms with E-state index >= 15 is 0 Å². The van der Waals surface area contributed by atoms with Crippen molar-refractivity contribution in [3.8, 4) is 0 Å². The van der Waals surface area contributed by atoms with E-state index in [0.717, 1.165) is 25.8 Å². The number of amides is 1. The molecule has 9 heteroatoms. The van der Waals surface area contributed by atoms with Gasteiger partial charge in [-0.05, 0) is 55.1 Å². The second kappa shape index (κ2) is 8.12. The van der Waals surface area contributed by atoms with Crippen LogP contribution in [0.3, 0.4) is 0 Å². The average Bonchev–Trinajstić information content (AvgIpc) is 2.98. The Morgan fingerprint density at radius 3 is 2.76 bits per heavy atom. The summed E-state index contributed by atoms with van der Waals surface area (Å²) in [4.78, 5) is 14.1. The number of carbonyl (C=O) groups excluding carboxylic acids is 1. The predicted molar refractivity (Wildman–Crippen MR) is 98.0 cm³/mol. The maximum absolute atomic E-state index is 12.3. The fourth-order valence-corrected chi connectivity index (χ4v) is 4.38. The highest BCUT2D eigenvalue weighted by Crippen LogP contribution is 2.27. The zero-order valence-corrected chi connectivity index (χ0v) is 16.3. The molecule has 0 spiro atoms. The minimum atomic E-state index is -3.36. The lowest BCUT2D eigenvalue weighted by Gasteiger charge is -2.33. The lowest BCUT2D eigenvalue weighted by atomic mass is 9.89. The molecule has 2 fully saturated rings. The van der Waals surface area contributed by atoms with Crippen LogP contribution in [0.15, 0.2) is 23.1 Å². The summed E-state index contributed by atoms with van der Waals surface area (Å²) in [7, 11) is -3.36. The van der Waals surface area contributed by atoms with Crippen LogP contribution in [0.4, 0.5) is 4.79 Å². The first-order valence-electron chi connectivity index (χ1n) is 7.95. The second-order valence-corrected chi connectivity index (χ2v) is 8.99. The van der Waals surface area contributed by atoms with Crippen LogP contribution >= 0.6 is 24.0 Å². The third-order valence-corrected chi connectivity index (χ3v) is 5.99. The Kier molecular flexibility index (Phi) is 6.59. The molecule has 0 saturated carbocycles. The number of nitrogens with one attached hydrogen (secondary N) is 1. The van der Waals surface area contributed by atoms with Gasteiger partial charge in [-0.15, -0.1) is 12.4 Å². The Hall–Kier alpha value is -1.02. The fraction of sp³-hybridized carbons (Fsp3) is 0.562. The van der Waals surface area contributed by atoms with Crippen molar-refractivity contribution in [3.05, 3.63) is 28.8 Å². The molecular formula is C16H22Cl2N2O4S. The van der Waals surface area contributed by atoms with Gasteiger partial charge in [-0.3, -0.25) is 0 Å². The van der Waals surface area contributed by atoms with Crippen LogP contribution in [0.2, 0.25) is 5.02 Å². The van der Waals surface area contributed by atoms with Crippen LogP contribution in [-0.2, 0) is 21.2 Å². The molecule has 6 nitrogen and oxygen atoms in total. The van der Waals surface area contributed by atoms with Crippen LogP contribution in [0.5, 0.6) is 0 Å². The lowest BCUT2D eigenvalue weighted by Crippen LogP contribution is -2.43. The molecule has 25 heavy (non-hydrogen) atoms. The molecule has 2 aliphatic heterocycles. The fourth-order valence-electron chi connectivity index (χ4n) is 3.36. The predicted octanol–water partition coefficient (Wildman–Crippen LogP) is 2.34. The maximum Gasteiger partial charge on any atom is 0.410 e. The molecule has 140 valence electrons. The van der Waals surface area contributed by atoms with Gasteiger partial charge in [0.1, 0.15) is 6.61 Å². The van der Waals surface area contributed by atoms with Crippen molar-refractivity contribution < 1.29 is 17.9 Å². The van der Waals surface area contributed by atoms with Crippen LogP contribution in [0.1, 0.15) is 12.0 Å². The molecule has 2 heterocycles. The quantitative estimate of drug-likeness (QED) is 0.830. The van der Waals surface area contributed by atoms with Gasteiger partial charge in [-0.25, -0.2) is 13.2 Å². The molecule has 0 unspecified atom stereocenters. The summed E-state index contributed by atoms with van der Waals surface area (Å²) in [5.74, 6) is 1.15. The number of fused-ring (bicyclic) bond motifs is 1. The van der Waals surface area contributed by atoms with E-state index < -0.39 is 9.84 Å².